The van der Waals surface area contributed by atoms with E-state index >= 15 is 0 Å². The minimum Gasteiger partial charge on any atom is -0.354 e. The van der Waals surface area contributed by atoms with Crippen LogP contribution >= 0.6 is 0 Å². The molecule has 0 bridgehead atoms. The molecule has 180 valence electrons. The summed E-state index contributed by atoms with van der Waals surface area (Å²) in [6, 6.07) is 10.1. The number of hydrogen-bond donors (Lipinski definition) is 1. The minimum absolute atomic E-state index is 0. The highest BCUT2D eigenvalue weighted by atomic mass is 16.2. The maximum absolute atomic E-state index is 13.7. The average molecular weight is 462 g/mol. The van der Waals surface area contributed by atoms with Crippen LogP contribution in [-0.2, 0) is 16.1 Å². The first-order valence-corrected chi connectivity index (χ1v) is 12.2. The molecule has 2 aromatic rings. The maximum Gasteiger partial charge on any atom is 0.247 e. The lowest BCUT2D eigenvalue weighted by molar-refractivity contribution is -0.129. The third-order valence-electron chi connectivity index (χ3n) is 7.26. The van der Waals surface area contributed by atoms with Gasteiger partial charge in [-0.1, -0.05) is 26.5 Å². The van der Waals surface area contributed by atoms with Gasteiger partial charge in [-0.25, -0.2) is 4.98 Å². The Balaban J connectivity index is 0.00000289. The van der Waals surface area contributed by atoms with Gasteiger partial charge in [0.15, 0.2) is 0 Å². The van der Waals surface area contributed by atoms with E-state index in [0.717, 1.165) is 67.2 Å². The summed E-state index contributed by atoms with van der Waals surface area (Å²) in [5.74, 6) is 0.965. The second-order valence-corrected chi connectivity index (χ2v) is 10.4. The van der Waals surface area contributed by atoms with Crippen molar-refractivity contribution in [2.75, 3.05) is 34.9 Å². The Morgan fingerprint density at radius 3 is 2.76 bits per heavy atom. The smallest absolute Gasteiger partial charge is 0.247 e. The molecule has 3 aliphatic rings. The van der Waals surface area contributed by atoms with Crippen LogP contribution in [0.4, 0.5) is 22.9 Å². The van der Waals surface area contributed by atoms with Crippen LogP contribution in [-0.4, -0.2) is 41.5 Å². The monoisotopic (exact) mass is 461 g/mol. The summed E-state index contributed by atoms with van der Waals surface area (Å²) in [4.78, 5) is 36.6. The molecule has 7 nitrogen and oxygen atoms in total. The van der Waals surface area contributed by atoms with Crippen LogP contribution in [0.25, 0.3) is 0 Å². The molecule has 2 fully saturated rings. The van der Waals surface area contributed by atoms with E-state index in [-0.39, 0.29) is 24.6 Å². The molecule has 7 heteroatoms. The first kappa shape index (κ1) is 22.4. The number of carbonyl (C=O) groups excluding carboxylic acids is 2. The largest absolute Gasteiger partial charge is 0.354 e. The third kappa shape index (κ3) is 4.27. The van der Waals surface area contributed by atoms with Crippen molar-refractivity contribution in [1.29, 1.82) is 0 Å². The number of aromatic nitrogens is 1. The molecule has 0 spiro atoms. The minimum atomic E-state index is -0.0470. The zero-order valence-corrected chi connectivity index (χ0v) is 20.1. The lowest BCUT2D eigenvalue weighted by Crippen LogP contribution is -2.44. The van der Waals surface area contributed by atoms with Crippen LogP contribution in [0.3, 0.4) is 0 Å². The van der Waals surface area contributed by atoms with E-state index in [1.165, 1.54) is 6.08 Å². The van der Waals surface area contributed by atoms with E-state index in [9.17, 15) is 9.59 Å². The number of hydrogen-bond acceptors (Lipinski definition) is 5. The van der Waals surface area contributed by atoms with Crippen molar-refractivity contribution < 1.29 is 11.0 Å². The SMILES string of the molecule is C=CC(=O)N1CCCCN(c2ccc3c(c2)N(C(=O)C2CC(C)(C)C2)Cc2cccnc2N3)C1.[HH]. The van der Waals surface area contributed by atoms with Gasteiger partial charge in [0.05, 0.1) is 24.6 Å². The lowest BCUT2D eigenvalue weighted by Gasteiger charge is -2.43. The van der Waals surface area contributed by atoms with Crippen molar-refractivity contribution in [2.45, 2.75) is 46.1 Å². The van der Waals surface area contributed by atoms with E-state index in [1.54, 1.807) is 6.20 Å². The van der Waals surface area contributed by atoms with Gasteiger partial charge in [0.2, 0.25) is 11.8 Å². The number of nitrogens with one attached hydrogen (secondary N) is 1. The molecule has 0 atom stereocenters. The van der Waals surface area contributed by atoms with E-state index in [2.05, 4.69) is 47.8 Å². The van der Waals surface area contributed by atoms with Gasteiger partial charge in [0, 0.05) is 37.9 Å². The number of carbonyl (C=O) groups is 2. The van der Waals surface area contributed by atoms with Crippen molar-refractivity contribution in [2.24, 2.45) is 11.3 Å². The molecule has 1 aromatic heterocycles. The van der Waals surface area contributed by atoms with Crippen molar-refractivity contribution in [1.82, 2.24) is 9.88 Å². The summed E-state index contributed by atoms with van der Waals surface area (Å²) < 4.78 is 0. The van der Waals surface area contributed by atoms with Gasteiger partial charge in [-0.15, -0.1) is 0 Å². The highest BCUT2D eigenvalue weighted by molar-refractivity contribution is 6.00. The highest BCUT2D eigenvalue weighted by Gasteiger charge is 2.43. The Labute approximate surface area is 202 Å². The van der Waals surface area contributed by atoms with Gasteiger partial charge < -0.3 is 20.0 Å². The first-order valence-electron chi connectivity index (χ1n) is 12.2. The summed E-state index contributed by atoms with van der Waals surface area (Å²) in [5, 5.41) is 3.46. The Morgan fingerprint density at radius 2 is 2.00 bits per heavy atom. The van der Waals surface area contributed by atoms with Crippen LogP contribution in [0.5, 0.6) is 0 Å². The van der Waals surface area contributed by atoms with E-state index < -0.39 is 0 Å². The molecule has 1 aliphatic carbocycles. The molecule has 2 aliphatic heterocycles. The van der Waals surface area contributed by atoms with Crippen molar-refractivity contribution in [3.05, 3.63) is 54.7 Å². The Kier molecular flexibility index (Phi) is 5.80. The second kappa shape index (κ2) is 8.78. The van der Waals surface area contributed by atoms with Gasteiger partial charge in [-0.2, -0.15) is 0 Å². The third-order valence-corrected chi connectivity index (χ3v) is 7.26. The molecule has 1 saturated heterocycles. The second-order valence-electron chi connectivity index (χ2n) is 10.4. The van der Waals surface area contributed by atoms with E-state index in [0.29, 0.717) is 13.2 Å². The predicted molar refractivity (Wildman–Crippen MR) is 137 cm³/mol. The maximum atomic E-state index is 13.7. The molecular formula is C27H35N5O2. The van der Waals surface area contributed by atoms with E-state index in [1.807, 2.05) is 28.0 Å². The number of anilines is 4. The number of benzene rings is 1. The molecular weight excluding hydrogens is 426 g/mol. The molecule has 1 N–H and O–H groups in total. The number of nitrogens with zero attached hydrogens (tertiary/aromatic N) is 4. The zero-order valence-electron chi connectivity index (χ0n) is 20.1. The number of pyridine rings is 1. The normalized spacial score (nSPS) is 19.6. The van der Waals surface area contributed by atoms with Gasteiger partial charge >= 0.3 is 0 Å². The van der Waals surface area contributed by atoms with Crippen LogP contribution in [0.2, 0.25) is 0 Å². The summed E-state index contributed by atoms with van der Waals surface area (Å²) in [5.41, 5.74) is 3.99. The first-order chi connectivity index (χ1) is 16.3. The molecule has 0 unspecified atom stereocenters. The zero-order chi connectivity index (χ0) is 23.9. The van der Waals surface area contributed by atoms with Crippen LogP contribution < -0.4 is 15.1 Å². The summed E-state index contributed by atoms with van der Waals surface area (Å²) in [6.45, 7) is 10.7. The summed E-state index contributed by atoms with van der Waals surface area (Å²) in [7, 11) is 0. The molecule has 5 rings (SSSR count). The van der Waals surface area contributed by atoms with Gasteiger partial charge in [0.1, 0.15) is 5.82 Å². The van der Waals surface area contributed by atoms with Gasteiger partial charge in [-0.05, 0) is 61.4 Å². The fourth-order valence-electron chi connectivity index (χ4n) is 5.45. The Morgan fingerprint density at radius 1 is 1.21 bits per heavy atom. The summed E-state index contributed by atoms with van der Waals surface area (Å²) >= 11 is 0. The van der Waals surface area contributed by atoms with Crippen molar-refractivity contribution in [3.8, 4) is 0 Å². The van der Waals surface area contributed by atoms with Crippen LogP contribution in [0, 0.1) is 11.3 Å². The topological polar surface area (TPSA) is 68.8 Å². The number of rotatable bonds is 3. The Hall–Kier alpha value is -3.35. The highest BCUT2D eigenvalue weighted by Crippen LogP contribution is 2.47. The fraction of sp³-hybridized carbons (Fsp3) is 0.444. The number of fused-ring (bicyclic) bond motifs is 2. The van der Waals surface area contributed by atoms with Gasteiger partial charge in [0.25, 0.3) is 0 Å². The number of amides is 2. The Bertz CT molecular complexity index is 1130. The van der Waals surface area contributed by atoms with E-state index in [4.69, 9.17) is 0 Å². The summed E-state index contributed by atoms with van der Waals surface area (Å²) in [6.07, 6.45) is 6.95. The molecule has 1 saturated carbocycles. The van der Waals surface area contributed by atoms with Crippen molar-refractivity contribution in [3.63, 3.8) is 0 Å². The van der Waals surface area contributed by atoms with Crippen molar-refractivity contribution >= 4 is 34.7 Å². The predicted octanol–water partition coefficient (Wildman–Crippen LogP) is 4.93. The molecule has 34 heavy (non-hydrogen) atoms. The average Bonchev–Trinajstić information content (AvgIpc) is 3.16. The standard InChI is InChI=1S/C27H33N5O2.H2/c1-4-24(33)31-13-6-5-12-30(18-31)21-9-10-22-23(14-21)32(26(34)20-15-27(2,3)16-20)17-19-8-7-11-28-25(19)29-22;/h4,7-11,14,20H,1,5-6,12-13,15-18H2,2-3H3,(H,28,29);1H. The quantitative estimate of drug-likeness (QED) is 0.657. The van der Waals surface area contributed by atoms with Crippen LogP contribution in [0.1, 0.15) is 46.5 Å². The molecule has 1 aromatic carbocycles. The van der Waals surface area contributed by atoms with Crippen LogP contribution in [0.15, 0.2) is 49.2 Å². The fourth-order valence-corrected chi connectivity index (χ4v) is 5.45. The molecule has 2 amide bonds. The molecule has 3 heterocycles. The molecule has 0 radical (unpaired) electrons. The lowest BCUT2D eigenvalue weighted by atomic mass is 9.64. The van der Waals surface area contributed by atoms with Gasteiger partial charge in [-0.3, -0.25) is 9.59 Å².